The average molecular weight is 364 g/mol. The molecule has 6 nitrogen and oxygen atoms in total. The minimum atomic E-state index is -0.383. The molecule has 0 spiro atoms. The molecule has 27 heavy (non-hydrogen) atoms. The molecule has 1 heterocycles. The molecule has 0 saturated heterocycles. The van der Waals surface area contributed by atoms with Crippen molar-refractivity contribution in [3.63, 3.8) is 0 Å². The van der Waals surface area contributed by atoms with Gasteiger partial charge in [-0.1, -0.05) is 48.0 Å². The number of hydrogen-bond donors (Lipinski definition) is 1. The molecule has 3 aromatic rings. The van der Waals surface area contributed by atoms with Crippen LogP contribution in [0.3, 0.4) is 0 Å². The number of hydrogen-bond acceptors (Lipinski definition) is 4. The predicted molar refractivity (Wildman–Crippen MR) is 107 cm³/mol. The van der Waals surface area contributed by atoms with Gasteiger partial charge in [0.05, 0.1) is 18.1 Å². The molecule has 1 atom stereocenters. The predicted octanol–water partition coefficient (Wildman–Crippen LogP) is 2.12. The van der Waals surface area contributed by atoms with Gasteiger partial charge in [-0.05, 0) is 32.6 Å². The molecular formula is C21H24N4O2. The van der Waals surface area contributed by atoms with Gasteiger partial charge >= 0.3 is 0 Å². The van der Waals surface area contributed by atoms with Crippen LogP contribution in [0.2, 0.25) is 0 Å². The number of rotatable bonds is 6. The highest BCUT2D eigenvalue weighted by atomic mass is 16.2. The maximum Gasteiger partial charge on any atom is 0.274 e. The lowest BCUT2D eigenvalue weighted by atomic mass is 10.0. The van der Waals surface area contributed by atoms with E-state index in [1.165, 1.54) is 4.68 Å². The first-order valence-electron chi connectivity index (χ1n) is 8.93. The lowest BCUT2D eigenvalue weighted by Gasteiger charge is -2.24. The largest absolute Gasteiger partial charge is 0.353 e. The van der Waals surface area contributed by atoms with Gasteiger partial charge < -0.3 is 5.32 Å². The third kappa shape index (κ3) is 4.23. The fourth-order valence-electron chi connectivity index (χ4n) is 3.10. The van der Waals surface area contributed by atoms with Crippen molar-refractivity contribution in [3.05, 3.63) is 76.2 Å². The van der Waals surface area contributed by atoms with Crippen molar-refractivity contribution in [3.8, 4) is 0 Å². The van der Waals surface area contributed by atoms with Gasteiger partial charge in [-0.2, -0.15) is 5.10 Å². The summed E-state index contributed by atoms with van der Waals surface area (Å²) in [5, 5.41) is 8.56. The summed E-state index contributed by atoms with van der Waals surface area (Å²) in [4.78, 5) is 27.1. The van der Waals surface area contributed by atoms with E-state index in [1.807, 2.05) is 68.4 Å². The second-order valence-corrected chi connectivity index (χ2v) is 6.83. The molecule has 1 amide bonds. The monoisotopic (exact) mass is 364 g/mol. The molecule has 2 aromatic carbocycles. The lowest BCUT2D eigenvalue weighted by molar-refractivity contribution is -0.125. The summed E-state index contributed by atoms with van der Waals surface area (Å²) in [6, 6.07) is 14.9. The van der Waals surface area contributed by atoms with E-state index in [-0.39, 0.29) is 17.5 Å². The Morgan fingerprint density at radius 3 is 2.56 bits per heavy atom. The van der Waals surface area contributed by atoms with E-state index in [4.69, 9.17) is 0 Å². The Morgan fingerprint density at radius 2 is 1.85 bits per heavy atom. The van der Waals surface area contributed by atoms with E-state index < -0.39 is 0 Å². The molecule has 0 aliphatic carbocycles. The number of carbonyl (C=O) groups excluding carboxylic acids is 1. The van der Waals surface area contributed by atoms with Crippen LogP contribution in [-0.2, 0) is 11.3 Å². The Kier molecular flexibility index (Phi) is 5.66. The van der Waals surface area contributed by atoms with Crippen molar-refractivity contribution in [1.29, 1.82) is 0 Å². The number of likely N-dealkylation sites (N-methyl/N-ethyl adjacent to an activating group) is 1. The number of nitrogens with one attached hydrogen (secondary N) is 1. The van der Waals surface area contributed by atoms with Crippen LogP contribution in [0, 0.1) is 6.92 Å². The van der Waals surface area contributed by atoms with E-state index in [1.54, 1.807) is 12.3 Å². The summed E-state index contributed by atoms with van der Waals surface area (Å²) in [6.07, 6.45) is 1.67. The van der Waals surface area contributed by atoms with Gasteiger partial charge in [0, 0.05) is 11.9 Å². The Balaban J connectivity index is 1.68. The highest BCUT2D eigenvalue weighted by molar-refractivity contribution is 5.83. The van der Waals surface area contributed by atoms with Crippen molar-refractivity contribution in [2.24, 2.45) is 0 Å². The lowest BCUT2D eigenvalue weighted by Crippen LogP contribution is -2.39. The standard InChI is InChI=1S/C21H24N4O2/c1-15-8-10-16(11-9-15)19(24(2)3)20(26)22-12-13-25-21(27)18-7-5-4-6-17(18)14-23-25/h4-11,14,19H,12-13H2,1-3H3,(H,22,26). The molecule has 0 bridgehead atoms. The highest BCUT2D eigenvalue weighted by Crippen LogP contribution is 2.18. The van der Waals surface area contributed by atoms with E-state index in [0.29, 0.717) is 18.5 Å². The summed E-state index contributed by atoms with van der Waals surface area (Å²) < 4.78 is 1.39. The maximum absolute atomic E-state index is 12.7. The third-order valence-corrected chi connectivity index (χ3v) is 4.54. The first kappa shape index (κ1) is 18.8. The molecule has 1 unspecified atom stereocenters. The third-order valence-electron chi connectivity index (χ3n) is 4.54. The highest BCUT2D eigenvalue weighted by Gasteiger charge is 2.22. The smallest absolute Gasteiger partial charge is 0.274 e. The van der Waals surface area contributed by atoms with E-state index >= 15 is 0 Å². The summed E-state index contributed by atoms with van der Waals surface area (Å²) in [5.41, 5.74) is 1.94. The molecule has 0 fully saturated rings. The summed E-state index contributed by atoms with van der Waals surface area (Å²) in [5.74, 6) is -0.0994. The van der Waals surface area contributed by atoms with Crippen molar-refractivity contribution >= 4 is 16.7 Å². The summed E-state index contributed by atoms with van der Waals surface area (Å²) >= 11 is 0. The van der Waals surface area contributed by atoms with Crippen LogP contribution in [0.5, 0.6) is 0 Å². The van der Waals surface area contributed by atoms with Crippen LogP contribution >= 0.6 is 0 Å². The molecule has 1 N–H and O–H groups in total. The SMILES string of the molecule is Cc1ccc(C(C(=O)NCCn2ncc3ccccc3c2=O)N(C)C)cc1. The summed E-state index contributed by atoms with van der Waals surface area (Å²) in [7, 11) is 3.75. The summed E-state index contributed by atoms with van der Waals surface area (Å²) in [6.45, 7) is 2.67. The Morgan fingerprint density at radius 1 is 1.15 bits per heavy atom. The van der Waals surface area contributed by atoms with Gasteiger partial charge in [-0.25, -0.2) is 4.68 Å². The second-order valence-electron chi connectivity index (χ2n) is 6.83. The molecule has 0 aliphatic heterocycles. The molecule has 0 radical (unpaired) electrons. The van der Waals surface area contributed by atoms with E-state index in [0.717, 1.165) is 16.5 Å². The van der Waals surface area contributed by atoms with E-state index in [9.17, 15) is 9.59 Å². The van der Waals surface area contributed by atoms with Crippen LogP contribution in [0.4, 0.5) is 0 Å². The molecule has 0 saturated carbocycles. The van der Waals surface area contributed by atoms with Gasteiger partial charge in [-0.15, -0.1) is 0 Å². The normalized spacial score (nSPS) is 12.3. The zero-order valence-electron chi connectivity index (χ0n) is 15.8. The van der Waals surface area contributed by atoms with Crippen LogP contribution in [0.15, 0.2) is 59.5 Å². The van der Waals surface area contributed by atoms with Crippen LogP contribution in [0.25, 0.3) is 10.8 Å². The van der Waals surface area contributed by atoms with Gasteiger partial charge in [0.1, 0.15) is 6.04 Å². The number of fused-ring (bicyclic) bond motifs is 1. The average Bonchev–Trinajstić information content (AvgIpc) is 2.65. The Bertz CT molecular complexity index is 993. The van der Waals surface area contributed by atoms with E-state index in [2.05, 4.69) is 10.4 Å². The molecular weight excluding hydrogens is 340 g/mol. The fraction of sp³-hybridized carbons (Fsp3) is 0.286. The minimum Gasteiger partial charge on any atom is -0.353 e. The van der Waals surface area contributed by atoms with Gasteiger partial charge in [0.15, 0.2) is 0 Å². The number of amides is 1. The van der Waals surface area contributed by atoms with Crippen molar-refractivity contribution in [2.45, 2.75) is 19.5 Å². The molecule has 3 rings (SSSR count). The van der Waals surface area contributed by atoms with Crippen molar-refractivity contribution < 1.29 is 4.79 Å². The number of aryl methyl sites for hydroxylation is 1. The van der Waals surface area contributed by atoms with Gasteiger partial charge in [0.25, 0.3) is 5.56 Å². The van der Waals surface area contributed by atoms with Crippen LogP contribution in [-0.4, -0.2) is 41.2 Å². The minimum absolute atomic E-state index is 0.0994. The Labute approximate surface area is 158 Å². The molecule has 0 aliphatic rings. The van der Waals surface area contributed by atoms with Crippen molar-refractivity contribution in [2.75, 3.05) is 20.6 Å². The zero-order chi connectivity index (χ0) is 19.4. The second kappa shape index (κ2) is 8.14. The van der Waals surface area contributed by atoms with Crippen LogP contribution in [0.1, 0.15) is 17.2 Å². The Hall–Kier alpha value is -2.99. The maximum atomic E-state index is 12.7. The number of nitrogens with zero attached hydrogens (tertiary/aromatic N) is 3. The molecule has 1 aromatic heterocycles. The first-order chi connectivity index (χ1) is 13.0. The van der Waals surface area contributed by atoms with Gasteiger partial charge in [0.2, 0.25) is 5.91 Å². The topological polar surface area (TPSA) is 67.2 Å². The molecule has 140 valence electrons. The van der Waals surface area contributed by atoms with Crippen LogP contribution < -0.4 is 10.9 Å². The molecule has 6 heteroatoms. The first-order valence-corrected chi connectivity index (χ1v) is 8.93. The number of benzene rings is 2. The zero-order valence-corrected chi connectivity index (χ0v) is 15.8. The fourth-order valence-corrected chi connectivity index (χ4v) is 3.10. The van der Waals surface area contributed by atoms with Gasteiger partial charge in [-0.3, -0.25) is 14.5 Å². The number of aromatic nitrogens is 2. The van der Waals surface area contributed by atoms with Crippen molar-refractivity contribution in [1.82, 2.24) is 20.0 Å². The quantitative estimate of drug-likeness (QED) is 0.728. The number of carbonyl (C=O) groups is 1.